The van der Waals surface area contributed by atoms with Crippen molar-refractivity contribution in [2.24, 2.45) is 16.7 Å². The van der Waals surface area contributed by atoms with Crippen molar-refractivity contribution in [3.63, 3.8) is 0 Å². The Kier molecular flexibility index (Phi) is 3.59. The third-order valence-electron chi connectivity index (χ3n) is 6.19. The Morgan fingerprint density at radius 2 is 2.19 bits per heavy atom. The lowest BCUT2D eigenvalue weighted by Gasteiger charge is -2.38. The van der Waals surface area contributed by atoms with Crippen LogP contribution in [0.25, 0.3) is 0 Å². The molecular formula is C16H24N2O2S. The molecule has 21 heavy (non-hydrogen) atoms. The van der Waals surface area contributed by atoms with Crippen LogP contribution in [-0.2, 0) is 11.2 Å². The number of ether oxygens (including phenoxy) is 1. The molecule has 5 heteroatoms. The summed E-state index contributed by atoms with van der Waals surface area (Å²) in [4.78, 5) is 13.1. The molecule has 2 aliphatic rings. The van der Waals surface area contributed by atoms with Gasteiger partial charge >= 0.3 is 5.97 Å². The van der Waals surface area contributed by atoms with Gasteiger partial charge in [0.15, 0.2) is 4.88 Å². The van der Waals surface area contributed by atoms with Gasteiger partial charge in [0.05, 0.1) is 5.69 Å². The molecule has 0 saturated heterocycles. The number of fused-ring (bicyclic) bond motifs is 2. The molecule has 116 valence electrons. The molecule has 0 aliphatic heterocycles. The van der Waals surface area contributed by atoms with Gasteiger partial charge in [0, 0.05) is 5.41 Å². The smallest absolute Gasteiger partial charge is 0.352 e. The van der Waals surface area contributed by atoms with Crippen LogP contribution >= 0.6 is 11.5 Å². The molecular weight excluding hydrogens is 284 g/mol. The quantitative estimate of drug-likeness (QED) is 0.793. The Balaban J connectivity index is 1.76. The molecule has 0 aromatic carbocycles. The van der Waals surface area contributed by atoms with Crippen LogP contribution in [0.3, 0.4) is 0 Å². The molecule has 3 rings (SSSR count). The molecule has 0 spiro atoms. The summed E-state index contributed by atoms with van der Waals surface area (Å²) in [6, 6.07) is 0. The minimum atomic E-state index is -0.219. The summed E-state index contributed by atoms with van der Waals surface area (Å²) in [5, 5.41) is 4.06. The second kappa shape index (κ2) is 5.04. The van der Waals surface area contributed by atoms with E-state index in [1.165, 1.54) is 6.42 Å². The fraction of sp³-hybridized carbons (Fsp3) is 0.812. The van der Waals surface area contributed by atoms with E-state index in [-0.39, 0.29) is 22.9 Å². The molecule has 1 heterocycles. The van der Waals surface area contributed by atoms with Crippen LogP contribution in [0.2, 0.25) is 0 Å². The zero-order valence-corrected chi connectivity index (χ0v) is 14.1. The zero-order valence-electron chi connectivity index (χ0n) is 13.3. The summed E-state index contributed by atoms with van der Waals surface area (Å²) >= 11 is 1.16. The number of carbonyl (C=O) groups excluding carboxylic acids is 1. The van der Waals surface area contributed by atoms with Crippen LogP contribution in [0.15, 0.2) is 0 Å². The van der Waals surface area contributed by atoms with Gasteiger partial charge in [0.1, 0.15) is 6.10 Å². The molecule has 2 aliphatic carbocycles. The van der Waals surface area contributed by atoms with Crippen molar-refractivity contribution in [2.45, 2.75) is 65.9 Å². The van der Waals surface area contributed by atoms with Crippen molar-refractivity contribution in [2.75, 3.05) is 0 Å². The van der Waals surface area contributed by atoms with Gasteiger partial charge in [0.25, 0.3) is 0 Å². The Bertz CT molecular complexity index is 554. The highest BCUT2D eigenvalue weighted by Gasteiger charge is 2.62. The minimum Gasteiger partial charge on any atom is -0.457 e. The molecule has 2 bridgehead atoms. The van der Waals surface area contributed by atoms with E-state index in [0.29, 0.717) is 10.8 Å². The summed E-state index contributed by atoms with van der Waals surface area (Å²) in [6.07, 6.45) is 5.21. The predicted octanol–water partition coefficient (Wildman–Crippen LogP) is 3.86. The number of aryl methyl sites for hydroxylation is 1. The second-order valence-electron chi connectivity index (χ2n) is 7.30. The molecule has 4 nitrogen and oxygen atoms in total. The molecule has 3 unspecified atom stereocenters. The SMILES string of the molecule is CCCc1nnsc1C(=O)OC1CC2CCC1(C)C2(C)C. The first-order valence-corrected chi connectivity index (χ1v) is 8.69. The maximum atomic E-state index is 12.5. The second-order valence-corrected chi connectivity index (χ2v) is 8.06. The number of hydrogen-bond donors (Lipinski definition) is 0. The Hall–Kier alpha value is -0.970. The van der Waals surface area contributed by atoms with Crippen molar-refractivity contribution < 1.29 is 9.53 Å². The third-order valence-corrected chi connectivity index (χ3v) is 6.94. The summed E-state index contributed by atoms with van der Waals surface area (Å²) in [6.45, 7) is 9.02. The Morgan fingerprint density at radius 1 is 1.43 bits per heavy atom. The van der Waals surface area contributed by atoms with E-state index in [1.54, 1.807) is 0 Å². The highest BCUT2D eigenvalue weighted by Crippen LogP contribution is 2.66. The van der Waals surface area contributed by atoms with Gasteiger partial charge in [0.2, 0.25) is 0 Å². The number of aromatic nitrogens is 2. The highest BCUT2D eigenvalue weighted by molar-refractivity contribution is 7.07. The molecule has 0 radical (unpaired) electrons. The Morgan fingerprint density at radius 3 is 2.76 bits per heavy atom. The highest BCUT2D eigenvalue weighted by atomic mass is 32.1. The topological polar surface area (TPSA) is 52.1 Å². The van der Waals surface area contributed by atoms with Gasteiger partial charge in [-0.15, -0.1) is 5.10 Å². The van der Waals surface area contributed by atoms with E-state index in [1.807, 2.05) is 0 Å². The van der Waals surface area contributed by atoms with E-state index in [4.69, 9.17) is 4.74 Å². The fourth-order valence-corrected chi connectivity index (χ4v) is 4.85. The molecule has 1 aromatic rings. The van der Waals surface area contributed by atoms with Crippen molar-refractivity contribution in [3.05, 3.63) is 10.6 Å². The van der Waals surface area contributed by atoms with Crippen LogP contribution in [0.4, 0.5) is 0 Å². The summed E-state index contributed by atoms with van der Waals surface area (Å²) < 4.78 is 9.83. The van der Waals surface area contributed by atoms with Gasteiger partial charge in [-0.1, -0.05) is 38.6 Å². The minimum absolute atomic E-state index is 0.0373. The first-order chi connectivity index (χ1) is 9.90. The average molecular weight is 308 g/mol. The number of nitrogens with zero attached hydrogens (tertiary/aromatic N) is 2. The first-order valence-electron chi connectivity index (χ1n) is 7.92. The lowest BCUT2D eigenvalue weighted by atomic mass is 9.70. The van der Waals surface area contributed by atoms with Gasteiger partial charge in [-0.3, -0.25) is 0 Å². The van der Waals surface area contributed by atoms with Crippen LogP contribution in [0, 0.1) is 16.7 Å². The monoisotopic (exact) mass is 308 g/mol. The van der Waals surface area contributed by atoms with E-state index in [2.05, 4.69) is 37.3 Å². The van der Waals surface area contributed by atoms with E-state index in [9.17, 15) is 4.79 Å². The number of hydrogen-bond acceptors (Lipinski definition) is 5. The van der Waals surface area contributed by atoms with Crippen molar-refractivity contribution in [1.29, 1.82) is 0 Å². The maximum Gasteiger partial charge on any atom is 0.352 e. The molecule has 2 saturated carbocycles. The van der Waals surface area contributed by atoms with Gasteiger partial charge in [-0.2, -0.15) is 0 Å². The number of esters is 1. The molecule has 3 atom stereocenters. The largest absolute Gasteiger partial charge is 0.457 e. The fourth-order valence-electron chi connectivity index (χ4n) is 4.26. The van der Waals surface area contributed by atoms with Crippen LogP contribution in [0.1, 0.15) is 68.7 Å². The van der Waals surface area contributed by atoms with E-state index < -0.39 is 0 Å². The number of rotatable bonds is 4. The zero-order chi connectivity index (χ0) is 15.3. The average Bonchev–Trinajstić information content (AvgIpc) is 3.02. The van der Waals surface area contributed by atoms with Gasteiger partial charge < -0.3 is 4.74 Å². The van der Waals surface area contributed by atoms with Crippen LogP contribution < -0.4 is 0 Å². The number of carbonyl (C=O) groups is 1. The standard InChI is InChI=1S/C16H24N2O2S/c1-5-6-11-13(21-18-17-11)14(19)20-12-9-10-7-8-16(12,4)15(10,2)3/h10,12H,5-9H2,1-4H3. The van der Waals surface area contributed by atoms with Gasteiger partial charge in [-0.25, -0.2) is 4.79 Å². The van der Waals surface area contributed by atoms with Crippen molar-refractivity contribution in [1.82, 2.24) is 9.59 Å². The van der Waals surface area contributed by atoms with Crippen LogP contribution in [0.5, 0.6) is 0 Å². The summed E-state index contributed by atoms with van der Waals surface area (Å²) in [5.74, 6) is 0.457. The molecule has 1 aromatic heterocycles. The van der Waals surface area contributed by atoms with Gasteiger partial charge in [-0.05, 0) is 48.5 Å². The van der Waals surface area contributed by atoms with Crippen molar-refractivity contribution >= 4 is 17.5 Å². The molecule has 0 amide bonds. The van der Waals surface area contributed by atoms with Crippen molar-refractivity contribution in [3.8, 4) is 0 Å². The predicted molar refractivity (Wildman–Crippen MR) is 82.3 cm³/mol. The Labute approximate surface area is 130 Å². The summed E-state index contributed by atoms with van der Waals surface area (Å²) in [5.41, 5.74) is 1.16. The maximum absolute atomic E-state index is 12.5. The van der Waals surface area contributed by atoms with E-state index >= 15 is 0 Å². The van der Waals surface area contributed by atoms with E-state index in [0.717, 1.165) is 42.9 Å². The first kappa shape index (κ1) is 14.9. The summed E-state index contributed by atoms with van der Waals surface area (Å²) in [7, 11) is 0. The normalized spacial score (nSPS) is 33.3. The van der Waals surface area contributed by atoms with Crippen LogP contribution in [-0.4, -0.2) is 21.7 Å². The molecule has 2 fully saturated rings. The molecule has 0 N–H and O–H groups in total. The lowest BCUT2D eigenvalue weighted by molar-refractivity contribution is -0.0239. The lowest BCUT2D eigenvalue weighted by Crippen LogP contribution is -2.38. The third kappa shape index (κ3) is 2.12.